The summed E-state index contributed by atoms with van der Waals surface area (Å²) >= 11 is 5.74. The van der Waals surface area contributed by atoms with Crippen molar-refractivity contribution in [3.8, 4) is 0 Å². The van der Waals surface area contributed by atoms with Crippen LogP contribution in [0.1, 0.15) is 5.56 Å². The van der Waals surface area contributed by atoms with Crippen LogP contribution in [0.3, 0.4) is 0 Å². The quantitative estimate of drug-likeness (QED) is 0.768. The number of alkyl halides is 2. The van der Waals surface area contributed by atoms with Gasteiger partial charge in [0.15, 0.2) is 0 Å². The Labute approximate surface area is 95.8 Å². The molecule has 0 bridgehead atoms. The fraction of sp³-hybridized carbons (Fsp3) is 0.182. The van der Waals surface area contributed by atoms with Crippen molar-refractivity contribution < 1.29 is 13.5 Å². The van der Waals surface area contributed by atoms with Crippen LogP contribution in [0, 0.1) is 0 Å². The average Bonchev–Trinajstić information content (AvgIpc) is 2.25. The highest BCUT2D eigenvalue weighted by atomic mass is 35.5. The molecule has 0 unspecified atom stereocenters. The maximum Gasteiger partial charge on any atom is 0.345 e. The van der Waals surface area contributed by atoms with Crippen LogP contribution in [0.2, 0.25) is 5.15 Å². The fourth-order valence-corrected chi connectivity index (χ4v) is 1.63. The number of hydrogen-bond acceptors (Lipinski definition) is 2. The lowest BCUT2D eigenvalue weighted by Crippen LogP contribution is -1.99. The second-order valence-corrected chi connectivity index (χ2v) is 3.58. The number of nitrogens with zero attached hydrogens (tertiary/aromatic N) is 1. The van der Waals surface area contributed by atoms with Crippen LogP contribution in [0.25, 0.3) is 10.9 Å². The highest BCUT2D eigenvalue weighted by Gasteiger charge is 2.06. The molecule has 0 amide bonds. The van der Waals surface area contributed by atoms with E-state index in [1.54, 1.807) is 30.3 Å². The minimum atomic E-state index is -2.77. The van der Waals surface area contributed by atoms with Gasteiger partial charge in [0.05, 0.1) is 12.1 Å². The number of fused-ring (bicyclic) bond motifs is 1. The van der Waals surface area contributed by atoms with Crippen molar-refractivity contribution >= 4 is 22.5 Å². The van der Waals surface area contributed by atoms with E-state index >= 15 is 0 Å². The number of halogens is 3. The van der Waals surface area contributed by atoms with Crippen molar-refractivity contribution in [2.75, 3.05) is 0 Å². The Kier molecular flexibility index (Phi) is 3.31. The SMILES string of the molecule is FC(F)OCc1cccc2nc(Cl)ccc12. The number of benzene rings is 1. The van der Waals surface area contributed by atoms with Gasteiger partial charge in [-0.3, -0.25) is 0 Å². The maximum atomic E-state index is 11.9. The molecule has 2 nitrogen and oxygen atoms in total. The number of pyridine rings is 1. The van der Waals surface area contributed by atoms with Gasteiger partial charge in [-0.25, -0.2) is 4.98 Å². The van der Waals surface area contributed by atoms with E-state index in [-0.39, 0.29) is 6.61 Å². The van der Waals surface area contributed by atoms with Crippen molar-refractivity contribution in [1.29, 1.82) is 0 Å². The molecule has 0 saturated heterocycles. The zero-order valence-corrected chi connectivity index (χ0v) is 8.92. The lowest BCUT2D eigenvalue weighted by molar-refractivity contribution is -0.136. The van der Waals surface area contributed by atoms with E-state index in [4.69, 9.17) is 11.6 Å². The number of hydrogen-bond donors (Lipinski definition) is 0. The summed E-state index contributed by atoms with van der Waals surface area (Å²) in [6.45, 7) is -2.91. The van der Waals surface area contributed by atoms with E-state index in [1.807, 2.05) is 0 Å². The van der Waals surface area contributed by atoms with Crippen molar-refractivity contribution in [2.24, 2.45) is 0 Å². The number of rotatable bonds is 3. The Morgan fingerprint density at radius 3 is 2.81 bits per heavy atom. The summed E-state index contributed by atoms with van der Waals surface area (Å²) in [5.74, 6) is 0. The number of aromatic nitrogens is 1. The zero-order chi connectivity index (χ0) is 11.5. The van der Waals surface area contributed by atoms with Gasteiger partial charge in [-0.05, 0) is 23.8 Å². The standard InChI is InChI=1S/C11H8ClF2NO/c12-10-5-4-8-7(6-16-11(13)14)2-1-3-9(8)15-10/h1-5,11H,6H2. The number of ether oxygens (including phenoxy) is 1. The average molecular weight is 244 g/mol. The van der Waals surface area contributed by atoms with Crippen LogP contribution in [0.4, 0.5) is 8.78 Å². The summed E-state index contributed by atoms with van der Waals surface area (Å²) in [6.07, 6.45) is 0. The van der Waals surface area contributed by atoms with Crippen molar-refractivity contribution in [1.82, 2.24) is 4.98 Å². The molecule has 0 fully saturated rings. The van der Waals surface area contributed by atoms with Crippen LogP contribution in [-0.2, 0) is 11.3 Å². The van der Waals surface area contributed by atoms with Crippen LogP contribution >= 0.6 is 11.6 Å². The summed E-state index contributed by atoms with van der Waals surface area (Å²) in [7, 11) is 0. The third-order valence-electron chi connectivity index (χ3n) is 2.15. The van der Waals surface area contributed by atoms with Crippen molar-refractivity contribution in [3.05, 3.63) is 41.0 Å². The molecule has 84 valence electrons. The predicted octanol–water partition coefficient (Wildman–Crippen LogP) is 3.63. The summed E-state index contributed by atoms with van der Waals surface area (Å²) in [5, 5.41) is 1.15. The van der Waals surface area contributed by atoms with Gasteiger partial charge < -0.3 is 4.74 Å². The lowest BCUT2D eigenvalue weighted by atomic mass is 10.1. The van der Waals surface area contributed by atoms with Gasteiger partial charge in [0, 0.05) is 5.39 Å². The highest BCUT2D eigenvalue weighted by molar-refractivity contribution is 6.29. The van der Waals surface area contributed by atoms with Crippen LogP contribution in [0.5, 0.6) is 0 Å². The third-order valence-corrected chi connectivity index (χ3v) is 2.36. The predicted molar refractivity (Wildman–Crippen MR) is 57.5 cm³/mol. The molecule has 1 heterocycles. The Morgan fingerprint density at radius 1 is 1.25 bits per heavy atom. The van der Waals surface area contributed by atoms with Crippen LogP contribution in [0.15, 0.2) is 30.3 Å². The molecular weight excluding hydrogens is 236 g/mol. The van der Waals surface area contributed by atoms with Crippen LogP contribution < -0.4 is 0 Å². The molecule has 0 atom stereocenters. The monoisotopic (exact) mass is 243 g/mol. The van der Waals surface area contributed by atoms with Gasteiger partial charge in [-0.2, -0.15) is 8.78 Å². The molecule has 1 aromatic carbocycles. The Hall–Kier alpha value is -1.26. The smallest absolute Gasteiger partial charge is 0.318 e. The van der Waals surface area contributed by atoms with Crippen molar-refractivity contribution in [2.45, 2.75) is 13.2 Å². The van der Waals surface area contributed by atoms with E-state index in [0.717, 1.165) is 5.39 Å². The first kappa shape index (κ1) is 11.2. The van der Waals surface area contributed by atoms with Gasteiger partial charge in [-0.1, -0.05) is 23.7 Å². The largest absolute Gasteiger partial charge is 0.345 e. The minimum Gasteiger partial charge on any atom is -0.318 e. The normalized spacial score (nSPS) is 11.2. The van der Waals surface area contributed by atoms with E-state index in [0.29, 0.717) is 16.2 Å². The first-order valence-corrected chi connectivity index (χ1v) is 4.98. The van der Waals surface area contributed by atoms with Gasteiger partial charge in [0.2, 0.25) is 0 Å². The third kappa shape index (κ3) is 2.46. The fourth-order valence-electron chi connectivity index (χ4n) is 1.47. The molecular formula is C11H8ClF2NO. The van der Waals surface area contributed by atoms with E-state index in [2.05, 4.69) is 9.72 Å². The lowest BCUT2D eigenvalue weighted by Gasteiger charge is -2.06. The second-order valence-electron chi connectivity index (χ2n) is 3.19. The molecule has 16 heavy (non-hydrogen) atoms. The molecule has 2 aromatic rings. The molecule has 0 spiro atoms. The van der Waals surface area contributed by atoms with Gasteiger partial charge in [-0.15, -0.1) is 0 Å². The van der Waals surface area contributed by atoms with Gasteiger partial charge in [0.1, 0.15) is 5.15 Å². The molecule has 5 heteroatoms. The Balaban J connectivity index is 2.38. The maximum absolute atomic E-state index is 11.9. The Morgan fingerprint density at radius 2 is 2.06 bits per heavy atom. The van der Waals surface area contributed by atoms with Crippen molar-refractivity contribution in [3.63, 3.8) is 0 Å². The van der Waals surface area contributed by atoms with Gasteiger partial charge in [0.25, 0.3) is 0 Å². The van der Waals surface area contributed by atoms with Gasteiger partial charge >= 0.3 is 6.61 Å². The van der Waals surface area contributed by atoms with E-state index in [9.17, 15) is 8.78 Å². The minimum absolute atomic E-state index is 0.141. The second kappa shape index (κ2) is 4.72. The molecule has 0 aliphatic heterocycles. The van der Waals surface area contributed by atoms with E-state index in [1.165, 1.54) is 0 Å². The summed E-state index contributed by atoms with van der Waals surface area (Å²) in [4.78, 5) is 4.09. The molecule has 2 rings (SSSR count). The summed E-state index contributed by atoms with van der Waals surface area (Å²) < 4.78 is 28.1. The first-order chi connectivity index (χ1) is 7.66. The van der Waals surface area contributed by atoms with Crippen LogP contribution in [-0.4, -0.2) is 11.6 Å². The molecule has 0 saturated carbocycles. The molecule has 0 aliphatic carbocycles. The summed E-state index contributed by atoms with van der Waals surface area (Å²) in [5.41, 5.74) is 1.34. The molecule has 1 aromatic heterocycles. The topological polar surface area (TPSA) is 22.1 Å². The Bertz CT molecular complexity index is 504. The molecule has 0 N–H and O–H groups in total. The zero-order valence-electron chi connectivity index (χ0n) is 8.16. The molecule has 0 radical (unpaired) electrons. The summed E-state index contributed by atoms with van der Waals surface area (Å²) in [6, 6.07) is 8.59. The van der Waals surface area contributed by atoms with E-state index < -0.39 is 6.61 Å². The highest BCUT2D eigenvalue weighted by Crippen LogP contribution is 2.20. The first-order valence-electron chi connectivity index (χ1n) is 4.61. The molecule has 0 aliphatic rings.